The smallest absolute Gasteiger partial charge is 0.262 e. The Bertz CT molecular complexity index is 1290. The van der Waals surface area contributed by atoms with Gasteiger partial charge in [-0.1, -0.05) is 41.6 Å². The topological polar surface area (TPSA) is 61.4 Å². The first-order valence-electron chi connectivity index (χ1n) is 10.1. The zero-order valence-corrected chi connectivity index (χ0v) is 18.8. The van der Waals surface area contributed by atoms with Crippen molar-refractivity contribution in [2.75, 3.05) is 13.2 Å². The van der Waals surface area contributed by atoms with Crippen molar-refractivity contribution >= 4 is 40.0 Å². The number of benzene rings is 2. The Morgan fingerprint density at radius 3 is 2.81 bits per heavy atom. The first-order valence-corrected chi connectivity index (χ1v) is 11.3. The third-order valence-electron chi connectivity index (χ3n) is 5.05. The van der Waals surface area contributed by atoms with Crippen LogP contribution >= 0.6 is 23.4 Å². The third kappa shape index (κ3) is 4.33. The quantitative estimate of drug-likeness (QED) is 0.270. The van der Waals surface area contributed by atoms with Crippen molar-refractivity contribution in [3.63, 3.8) is 0 Å². The highest BCUT2D eigenvalue weighted by molar-refractivity contribution is 7.99. The van der Waals surface area contributed by atoms with Gasteiger partial charge in [0.2, 0.25) is 5.78 Å². The number of rotatable bonds is 8. The molecule has 2 heterocycles. The van der Waals surface area contributed by atoms with Gasteiger partial charge in [0, 0.05) is 25.0 Å². The summed E-state index contributed by atoms with van der Waals surface area (Å²) in [6, 6.07) is 12.1. The second-order valence-electron chi connectivity index (χ2n) is 7.08. The van der Waals surface area contributed by atoms with Gasteiger partial charge in [-0.05, 0) is 50.1 Å². The molecule has 0 saturated heterocycles. The maximum Gasteiger partial charge on any atom is 0.262 e. The summed E-state index contributed by atoms with van der Waals surface area (Å²) in [4.78, 5) is 13.1. The molecule has 0 aliphatic heterocycles. The van der Waals surface area contributed by atoms with Gasteiger partial charge in [-0.2, -0.15) is 0 Å². The van der Waals surface area contributed by atoms with Gasteiger partial charge in [-0.25, -0.2) is 4.39 Å². The second-order valence-corrected chi connectivity index (χ2v) is 8.79. The van der Waals surface area contributed by atoms with E-state index in [2.05, 4.69) is 10.2 Å². The lowest BCUT2D eigenvalue weighted by Crippen LogP contribution is -2.24. The van der Waals surface area contributed by atoms with Crippen molar-refractivity contribution in [2.45, 2.75) is 37.2 Å². The molecule has 9 heteroatoms. The van der Waals surface area contributed by atoms with E-state index in [1.54, 1.807) is 16.7 Å². The molecular weight excluding hydrogens is 439 g/mol. The number of aryl methyl sites for hydroxylation is 1. The fraction of sp³-hybridized carbons (Fsp3) is 0.318. The lowest BCUT2D eigenvalue weighted by atomic mass is 10.2. The average molecular weight is 461 g/mol. The van der Waals surface area contributed by atoms with E-state index in [1.807, 2.05) is 42.5 Å². The van der Waals surface area contributed by atoms with Crippen LogP contribution in [0.4, 0.5) is 4.39 Å². The van der Waals surface area contributed by atoms with E-state index in [4.69, 9.17) is 16.3 Å². The average Bonchev–Trinajstić information content (AvgIpc) is 3.18. The number of para-hydroxylation sites is 1. The van der Waals surface area contributed by atoms with Crippen LogP contribution in [0.1, 0.15) is 31.1 Å². The molecular formula is C22H22ClFN4O2S. The molecule has 6 nitrogen and oxygen atoms in total. The van der Waals surface area contributed by atoms with Crippen LogP contribution in [0.3, 0.4) is 0 Å². The number of ether oxygens (including phenoxy) is 1. The van der Waals surface area contributed by atoms with Gasteiger partial charge in [-0.3, -0.25) is 13.8 Å². The van der Waals surface area contributed by atoms with E-state index >= 15 is 0 Å². The molecule has 0 N–H and O–H groups in total. The van der Waals surface area contributed by atoms with Gasteiger partial charge >= 0.3 is 0 Å². The van der Waals surface area contributed by atoms with E-state index < -0.39 is 5.82 Å². The van der Waals surface area contributed by atoms with Crippen LogP contribution in [0.2, 0.25) is 5.02 Å². The molecule has 0 radical (unpaired) electrons. The van der Waals surface area contributed by atoms with Gasteiger partial charge in [0.15, 0.2) is 5.16 Å². The summed E-state index contributed by atoms with van der Waals surface area (Å²) in [6.07, 6.45) is 0.696. The minimum absolute atomic E-state index is 0.0532. The Balaban J connectivity index is 1.77. The van der Waals surface area contributed by atoms with E-state index in [9.17, 15) is 9.18 Å². The van der Waals surface area contributed by atoms with Crippen LogP contribution in [0.25, 0.3) is 16.7 Å². The number of halogens is 2. The zero-order valence-electron chi connectivity index (χ0n) is 17.2. The van der Waals surface area contributed by atoms with E-state index in [0.717, 1.165) is 11.1 Å². The number of hydrogen-bond acceptors (Lipinski definition) is 5. The van der Waals surface area contributed by atoms with Gasteiger partial charge in [0.05, 0.1) is 15.9 Å². The van der Waals surface area contributed by atoms with Crippen LogP contribution in [0.15, 0.2) is 52.4 Å². The molecule has 0 aliphatic rings. The van der Waals surface area contributed by atoms with E-state index in [-0.39, 0.29) is 15.8 Å². The van der Waals surface area contributed by atoms with Crippen LogP contribution in [-0.4, -0.2) is 32.4 Å². The molecule has 0 fully saturated rings. The lowest BCUT2D eigenvalue weighted by molar-refractivity contribution is 0.141. The molecule has 2 aromatic carbocycles. The van der Waals surface area contributed by atoms with Crippen LogP contribution in [-0.2, 0) is 11.3 Å². The monoisotopic (exact) mass is 460 g/mol. The number of nitrogens with zero attached hydrogens (tertiary/aromatic N) is 4. The number of aromatic nitrogens is 4. The van der Waals surface area contributed by atoms with Crippen LogP contribution in [0.5, 0.6) is 0 Å². The second kappa shape index (κ2) is 9.38. The minimum Gasteiger partial charge on any atom is -0.382 e. The summed E-state index contributed by atoms with van der Waals surface area (Å²) in [7, 11) is 0. The lowest BCUT2D eigenvalue weighted by Gasteiger charge is -2.13. The van der Waals surface area contributed by atoms with Crippen molar-refractivity contribution in [1.82, 2.24) is 19.2 Å². The highest BCUT2D eigenvalue weighted by Gasteiger charge is 2.19. The SMILES string of the molecule is CCOCCCn1c(=O)c2ccccc2n2c(SC(C)c3ccc(F)c(Cl)c3)nnc12. The third-order valence-corrected chi connectivity index (χ3v) is 6.44. The van der Waals surface area contributed by atoms with Gasteiger partial charge in [0.1, 0.15) is 5.82 Å². The normalized spacial score (nSPS) is 12.6. The molecule has 31 heavy (non-hydrogen) atoms. The Morgan fingerprint density at radius 1 is 1.23 bits per heavy atom. The summed E-state index contributed by atoms with van der Waals surface area (Å²) >= 11 is 7.43. The van der Waals surface area contributed by atoms with Crippen LogP contribution in [0, 0.1) is 5.82 Å². The Hall–Kier alpha value is -2.42. The van der Waals surface area contributed by atoms with E-state index in [0.29, 0.717) is 42.5 Å². The standard InChI is InChI=1S/C22H22ClFN4O2S/c1-3-30-12-6-11-27-20(29)16-7-4-5-8-19(16)28-21(27)25-26-22(28)31-14(2)15-9-10-18(24)17(23)13-15/h4-5,7-10,13-14H,3,6,11-12H2,1-2H3. The molecule has 4 aromatic rings. The largest absolute Gasteiger partial charge is 0.382 e. The van der Waals surface area contributed by atoms with Crippen molar-refractivity contribution in [3.8, 4) is 0 Å². The Kier molecular flexibility index (Phi) is 6.60. The summed E-state index contributed by atoms with van der Waals surface area (Å²) in [5.74, 6) is 0.0460. The maximum absolute atomic E-state index is 13.5. The van der Waals surface area contributed by atoms with Crippen molar-refractivity contribution in [1.29, 1.82) is 0 Å². The van der Waals surface area contributed by atoms with Gasteiger partial charge in [0.25, 0.3) is 5.56 Å². The molecule has 0 saturated carbocycles. The predicted octanol–water partition coefficient (Wildman–Crippen LogP) is 5.12. The molecule has 1 atom stereocenters. The van der Waals surface area contributed by atoms with Gasteiger partial charge < -0.3 is 4.74 Å². The summed E-state index contributed by atoms with van der Waals surface area (Å²) < 4.78 is 22.5. The number of thioether (sulfide) groups is 1. The predicted molar refractivity (Wildman–Crippen MR) is 122 cm³/mol. The highest BCUT2D eigenvalue weighted by atomic mass is 35.5. The van der Waals surface area contributed by atoms with Crippen LogP contribution < -0.4 is 5.56 Å². The minimum atomic E-state index is -0.447. The molecule has 0 amide bonds. The highest BCUT2D eigenvalue weighted by Crippen LogP contribution is 2.36. The van der Waals surface area contributed by atoms with E-state index in [1.165, 1.54) is 17.8 Å². The fourth-order valence-electron chi connectivity index (χ4n) is 3.47. The van der Waals surface area contributed by atoms with Gasteiger partial charge in [-0.15, -0.1) is 10.2 Å². The number of hydrogen-bond donors (Lipinski definition) is 0. The first kappa shape index (κ1) is 21.8. The zero-order chi connectivity index (χ0) is 22.0. The molecule has 1 unspecified atom stereocenters. The molecule has 2 aromatic heterocycles. The summed E-state index contributed by atoms with van der Waals surface area (Å²) in [5, 5.41) is 10.00. The molecule has 4 rings (SSSR count). The van der Waals surface area contributed by atoms with Crippen molar-refractivity contribution in [3.05, 3.63) is 69.2 Å². The number of fused-ring (bicyclic) bond motifs is 3. The fourth-order valence-corrected chi connectivity index (χ4v) is 4.63. The molecule has 0 aliphatic carbocycles. The maximum atomic E-state index is 13.5. The van der Waals surface area contributed by atoms with Crippen molar-refractivity contribution in [2.24, 2.45) is 0 Å². The molecule has 0 spiro atoms. The molecule has 0 bridgehead atoms. The summed E-state index contributed by atoms with van der Waals surface area (Å²) in [6.45, 7) is 5.63. The Morgan fingerprint density at radius 2 is 2.03 bits per heavy atom. The Labute approximate surface area is 188 Å². The van der Waals surface area contributed by atoms with Crippen molar-refractivity contribution < 1.29 is 9.13 Å². The summed E-state index contributed by atoms with van der Waals surface area (Å²) in [5.41, 5.74) is 1.53. The molecule has 162 valence electrons. The first-order chi connectivity index (χ1) is 15.0.